The van der Waals surface area contributed by atoms with Crippen molar-refractivity contribution in [3.63, 3.8) is 0 Å². The number of ether oxygens (including phenoxy) is 2. The Labute approximate surface area is 114 Å². The van der Waals surface area contributed by atoms with E-state index in [9.17, 15) is 4.79 Å². The summed E-state index contributed by atoms with van der Waals surface area (Å²) in [6, 6.07) is 9.58. The first-order valence-corrected chi connectivity index (χ1v) is 6.39. The van der Waals surface area contributed by atoms with E-state index < -0.39 is 0 Å². The number of carbonyl (C=O) groups excluding carboxylic acids is 1. The van der Waals surface area contributed by atoms with Gasteiger partial charge in [0.15, 0.2) is 0 Å². The highest BCUT2D eigenvalue weighted by molar-refractivity contribution is 5.82. The quantitative estimate of drug-likeness (QED) is 0.325. The van der Waals surface area contributed by atoms with Gasteiger partial charge < -0.3 is 9.47 Å². The highest BCUT2D eigenvalue weighted by Crippen LogP contribution is 2.04. The van der Waals surface area contributed by atoms with Gasteiger partial charge in [0.25, 0.3) is 0 Å². The topological polar surface area (TPSA) is 35.5 Å². The number of rotatable bonds is 7. The van der Waals surface area contributed by atoms with E-state index in [0.717, 1.165) is 18.4 Å². The van der Waals surface area contributed by atoms with Gasteiger partial charge in [0.1, 0.15) is 12.4 Å². The first-order valence-electron chi connectivity index (χ1n) is 6.39. The lowest BCUT2D eigenvalue weighted by atomic mass is 10.2. The molecule has 0 amide bonds. The second-order valence-electron chi connectivity index (χ2n) is 4.03. The Bertz CT molecular complexity index is 433. The third-order valence-corrected chi connectivity index (χ3v) is 2.48. The summed E-state index contributed by atoms with van der Waals surface area (Å²) in [6.45, 7) is 2.37. The largest absolute Gasteiger partial charge is 0.497 e. The average molecular weight is 260 g/mol. The summed E-state index contributed by atoms with van der Waals surface area (Å²) < 4.78 is 10.3. The van der Waals surface area contributed by atoms with Crippen LogP contribution in [0.15, 0.2) is 54.3 Å². The third kappa shape index (κ3) is 6.46. The number of carbonyl (C=O) groups is 1. The molecule has 0 aromatic heterocycles. The lowest BCUT2D eigenvalue weighted by molar-refractivity contribution is -0.139. The molecule has 0 fully saturated rings. The lowest BCUT2D eigenvalue weighted by Crippen LogP contribution is -2.01. The summed E-state index contributed by atoms with van der Waals surface area (Å²) in [6.07, 6.45) is 6.92. The maximum atomic E-state index is 11.5. The minimum atomic E-state index is -0.372. The van der Waals surface area contributed by atoms with Crippen LogP contribution in [0.1, 0.15) is 25.3 Å². The molecule has 0 aliphatic heterocycles. The van der Waals surface area contributed by atoms with Crippen LogP contribution < -0.4 is 0 Å². The van der Waals surface area contributed by atoms with Crippen molar-refractivity contribution in [2.45, 2.75) is 26.4 Å². The van der Waals surface area contributed by atoms with Gasteiger partial charge in [-0.2, -0.15) is 0 Å². The molecule has 0 atom stereocenters. The Hall–Kier alpha value is -2.03. The predicted molar refractivity (Wildman–Crippen MR) is 75.4 cm³/mol. The summed E-state index contributed by atoms with van der Waals surface area (Å²) in [4.78, 5) is 11.5. The van der Waals surface area contributed by atoms with Crippen molar-refractivity contribution in [1.82, 2.24) is 0 Å². The van der Waals surface area contributed by atoms with Crippen LogP contribution in [0.25, 0.3) is 0 Å². The number of esters is 1. The van der Waals surface area contributed by atoms with Crippen LogP contribution in [0.3, 0.4) is 0 Å². The standard InChI is InChI=1S/C16H20O3/c1-3-4-10-15(18-2)11-12-16(17)19-13-14-8-6-5-7-9-14/h5-12H,3-4,13H2,1-2H3/b12-11-,15-10+. The van der Waals surface area contributed by atoms with Crippen molar-refractivity contribution in [3.8, 4) is 0 Å². The average Bonchev–Trinajstić information content (AvgIpc) is 2.46. The van der Waals surface area contributed by atoms with Crippen molar-refractivity contribution >= 4 is 5.97 Å². The molecule has 0 N–H and O–H groups in total. The van der Waals surface area contributed by atoms with E-state index in [1.165, 1.54) is 6.08 Å². The summed E-state index contributed by atoms with van der Waals surface area (Å²) in [5, 5.41) is 0. The monoisotopic (exact) mass is 260 g/mol. The lowest BCUT2D eigenvalue weighted by Gasteiger charge is -2.02. The maximum absolute atomic E-state index is 11.5. The minimum Gasteiger partial charge on any atom is -0.497 e. The Morgan fingerprint density at radius 3 is 2.58 bits per heavy atom. The van der Waals surface area contributed by atoms with Crippen LogP contribution in [0, 0.1) is 0 Å². The van der Waals surface area contributed by atoms with E-state index in [1.807, 2.05) is 36.4 Å². The molecular weight excluding hydrogens is 240 g/mol. The van der Waals surface area contributed by atoms with E-state index in [-0.39, 0.29) is 12.6 Å². The minimum absolute atomic E-state index is 0.283. The van der Waals surface area contributed by atoms with Crippen molar-refractivity contribution in [3.05, 3.63) is 59.9 Å². The first kappa shape index (κ1) is 15.0. The molecule has 19 heavy (non-hydrogen) atoms. The summed E-state index contributed by atoms with van der Waals surface area (Å²) in [5.41, 5.74) is 0.970. The second kappa shape index (κ2) is 8.97. The molecule has 0 radical (unpaired) electrons. The Morgan fingerprint density at radius 2 is 1.95 bits per heavy atom. The fourth-order valence-electron chi connectivity index (χ4n) is 1.43. The van der Waals surface area contributed by atoms with Gasteiger partial charge in [0.2, 0.25) is 0 Å². The molecule has 0 aliphatic carbocycles. The zero-order valence-corrected chi connectivity index (χ0v) is 11.5. The van der Waals surface area contributed by atoms with Crippen LogP contribution in [0.4, 0.5) is 0 Å². The first-order chi connectivity index (χ1) is 9.26. The number of allylic oxidation sites excluding steroid dienone is 2. The molecule has 0 bridgehead atoms. The molecule has 1 aromatic rings. The number of hydrogen-bond acceptors (Lipinski definition) is 3. The molecule has 102 valence electrons. The maximum Gasteiger partial charge on any atom is 0.331 e. The molecule has 1 aromatic carbocycles. The van der Waals surface area contributed by atoms with Crippen LogP contribution >= 0.6 is 0 Å². The molecule has 0 saturated carbocycles. The van der Waals surface area contributed by atoms with Gasteiger partial charge in [-0.3, -0.25) is 0 Å². The van der Waals surface area contributed by atoms with Gasteiger partial charge in [0, 0.05) is 6.08 Å². The number of benzene rings is 1. The summed E-state index contributed by atoms with van der Waals surface area (Å²) in [7, 11) is 1.58. The van der Waals surface area contributed by atoms with E-state index in [1.54, 1.807) is 13.2 Å². The molecular formula is C16H20O3. The SMILES string of the molecule is CCC/C=C(\C=C/C(=O)OCc1ccccc1)OC. The van der Waals surface area contributed by atoms with Crippen LogP contribution in [-0.2, 0) is 20.9 Å². The van der Waals surface area contributed by atoms with Gasteiger partial charge in [0.05, 0.1) is 7.11 Å². The van der Waals surface area contributed by atoms with Crippen LogP contribution in [-0.4, -0.2) is 13.1 Å². The highest BCUT2D eigenvalue weighted by atomic mass is 16.5. The van der Waals surface area contributed by atoms with Gasteiger partial charge in [-0.15, -0.1) is 0 Å². The van der Waals surface area contributed by atoms with Crippen LogP contribution in [0.2, 0.25) is 0 Å². The Morgan fingerprint density at radius 1 is 1.21 bits per heavy atom. The van der Waals surface area contributed by atoms with Gasteiger partial charge in [-0.1, -0.05) is 43.7 Å². The summed E-state index contributed by atoms with van der Waals surface area (Å²) >= 11 is 0. The molecule has 3 nitrogen and oxygen atoms in total. The van der Waals surface area contributed by atoms with Gasteiger partial charge in [-0.05, 0) is 24.1 Å². The van der Waals surface area contributed by atoms with Crippen molar-refractivity contribution in [2.24, 2.45) is 0 Å². The van der Waals surface area contributed by atoms with E-state index in [4.69, 9.17) is 9.47 Å². The normalized spacial score (nSPS) is 11.6. The van der Waals surface area contributed by atoms with Crippen molar-refractivity contribution in [1.29, 1.82) is 0 Å². The fraction of sp³-hybridized carbons (Fsp3) is 0.312. The zero-order valence-electron chi connectivity index (χ0n) is 11.5. The number of unbranched alkanes of at least 4 members (excludes halogenated alkanes) is 1. The molecule has 0 unspecified atom stereocenters. The number of methoxy groups -OCH3 is 1. The zero-order chi connectivity index (χ0) is 13.9. The Kier molecular flexibility index (Phi) is 7.10. The molecule has 0 heterocycles. The van der Waals surface area contributed by atoms with E-state index in [0.29, 0.717) is 5.76 Å². The van der Waals surface area contributed by atoms with Gasteiger partial charge in [-0.25, -0.2) is 4.79 Å². The van der Waals surface area contributed by atoms with Crippen molar-refractivity contribution < 1.29 is 14.3 Å². The number of hydrogen-bond donors (Lipinski definition) is 0. The van der Waals surface area contributed by atoms with Crippen LogP contribution in [0.5, 0.6) is 0 Å². The fourth-order valence-corrected chi connectivity index (χ4v) is 1.43. The van der Waals surface area contributed by atoms with E-state index in [2.05, 4.69) is 6.92 Å². The van der Waals surface area contributed by atoms with E-state index >= 15 is 0 Å². The Balaban J connectivity index is 2.42. The highest BCUT2D eigenvalue weighted by Gasteiger charge is 1.99. The molecule has 0 saturated heterocycles. The molecule has 1 rings (SSSR count). The van der Waals surface area contributed by atoms with Gasteiger partial charge >= 0.3 is 5.97 Å². The molecule has 0 spiro atoms. The summed E-state index contributed by atoms with van der Waals surface area (Å²) in [5.74, 6) is 0.307. The van der Waals surface area contributed by atoms with Crippen molar-refractivity contribution in [2.75, 3.05) is 7.11 Å². The molecule has 0 aliphatic rings. The third-order valence-electron chi connectivity index (χ3n) is 2.48. The predicted octanol–water partition coefficient (Wildman–Crippen LogP) is 3.62. The smallest absolute Gasteiger partial charge is 0.331 e. The second-order valence-corrected chi connectivity index (χ2v) is 4.03. The molecule has 3 heteroatoms.